The van der Waals surface area contributed by atoms with Gasteiger partial charge in [0.1, 0.15) is 6.10 Å². The number of benzene rings is 1. The topological polar surface area (TPSA) is 88.1 Å². The SMILES string of the molecule is COc1cc(CNC(=O)C2CCN(C(=O)OC3CCC(C)(C)CC3)CC2)ccc1O. The van der Waals surface area contributed by atoms with Crippen LogP contribution in [0.2, 0.25) is 0 Å². The fraction of sp³-hybridized carbons (Fsp3) is 0.652. The van der Waals surface area contributed by atoms with Gasteiger partial charge < -0.3 is 24.8 Å². The number of nitrogens with zero attached hydrogens (tertiary/aromatic N) is 1. The van der Waals surface area contributed by atoms with E-state index in [-0.39, 0.29) is 29.8 Å². The monoisotopic (exact) mass is 418 g/mol. The lowest BCUT2D eigenvalue weighted by Gasteiger charge is -2.36. The number of ether oxygens (including phenoxy) is 2. The number of amides is 2. The lowest BCUT2D eigenvalue weighted by Crippen LogP contribution is -2.44. The first kappa shape index (κ1) is 22.2. The highest BCUT2D eigenvalue weighted by atomic mass is 16.6. The smallest absolute Gasteiger partial charge is 0.410 e. The number of rotatable bonds is 5. The minimum Gasteiger partial charge on any atom is -0.504 e. The molecule has 0 unspecified atom stereocenters. The van der Waals surface area contributed by atoms with E-state index in [9.17, 15) is 14.7 Å². The maximum atomic E-state index is 12.5. The standard InChI is InChI=1S/C23H34N2O5/c1-23(2)10-6-18(7-11-23)30-22(28)25-12-8-17(9-13-25)21(27)24-15-16-4-5-19(26)20(14-16)29-3/h4-5,14,17-18,26H,6-13,15H2,1-3H3,(H,24,27). The van der Waals surface area contributed by atoms with E-state index in [1.54, 1.807) is 23.1 Å². The summed E-state index contributed by atoms with van der Waals surface area (Å²) >= 11 is 0. The molecule has 1 aromatic rings. The van der Waals surface area contributed by atoms with Crippen LogP contribution in [0.4, 0.5) is 4.79 Å². The van der Waals surface area contributed by atoms with Crippen LogP contribution in [-0.2, 0) is 16.1 Å². The van der Waals surface area contributed by atoms with E-state index in [0.717, 1.165) is 31.2 Å². The molecule has 1 aliphatic carbocycles. The summed E-state index contributed by atoms with van der Waals surface area (Å²) in [7, 11) is 1.49. The van der Waals surface area contributed by atoms with Gasteiger partial charge in [-0.3, -0.25) is 4.79 Å². The van der Waals surface area contributed by atoms with E-state index < -0.39 is 0 Å². The average molecular weight is 419 g/mol. The lowest BCUT2D eigenvalue weighted by molar-refractivity contribution is -0.126. The summed E-state index contributed by atoms with van der Waals surface area (Å²) < 4.78 is 10.8. The van der Waals surface area contributed by atoms with Crippen molar-refractivity contribution < 1.29 is 24.2 Å². The van der Waals surface area contributed by atoms with Crippen LogP contribution in [0.15, 0.2) is 18.2 Å². The Morgan fingerprint density at radius 1 is 1.17 bits per heavy atom. The van der Waals surface area contributed by atoms with Crippen LogP contribution in [-0.4, -0.2) is 48.3 Å². The van der Waals surface area contributed by atoms with Crippen molar-refractivity contribution in [3.63, 3.8) is 0 Å². The van der Waals surface area contributed by atoms with Crippen molar-refractivity contribution >= 4 is 12.0 Å². The Morgan fingerprint density at radius 3 is 2.47 bits per heavy atom. The molecule has 1 saturated heterocycles. The first-order valence-corrected chi connectivity index (χ1v) is 10.9. The van der Waals surface area contributed by atoms with Gasteiger partial charge in [0, 0.05) is 25.6 Å². The van der Waals surface area contributed by atoms with Crippen molar-refractivity contribution in [3.8, 4) is 11.5 Å². The molecule has 1 aromatic carbocycles. The van der Waals surface area contributed by atoms with Crippen LogP contribution in [0.3, 0.4) is 0 Å². The second-order valence-corrected chi connectivity index (χ2v) is 9.23. The molecule has 0 spiro atoms. The van der Waals surface area contributed by atoms with Gasteiger partial charge in [0.25, 0.3) is 0 Å². The Balaban J connectivity index is 1.40. The maximum Gasteiger partial charge on any atom is 0.410 e. The summed E-state index contributed by atoms with van der Waals surface area (Å²) in [5.41, 5.74) is 1.20. The molecular weight excluding hydrogens is 384 g/mol. The van der Waals surface area contributed by atoms with Crippen molar-refractivity contribution in [2.45, 2.75) is 65.0 Å². The number of piperidine rings is 1. The molecule has 30 heavy (non-hydrogen) atoms. The van der Waals surface area contributed by atoms with Gasteiger partial charge >= 0.3 is 6.09 Å². The summed E-state index contributed by atoms with van der Waals surface area (Å²) in [6.07, 6.45) is 5.08. The third kappa shape index (κ3) is 5.80. The average Bonchev–Trinajstić information content (AvgIpc) is 2.74. The Bertz CT molecular complexity index is 746. The van der Waals surface area contributed by atoms with E-state index in [1.807, 2.05) is 0 Å². The second-order valence-electron chi connectivity index (χ2n) is 9.23. The number of carbonyl (C=O) groups is 2. The first-order valence-electron chi connectivity index (χ1n) is 10.9. The molecule has 0 radical (unpaired) electrons. The van der Waals surface area contributed by atoms with Crippen molar-refractivity contribution in [2.24, 2.45) is 11.3 Å². The van der Waals surface area contributed by atoms with Crippen LogP contribution in [0.5, 0.6) is 11.5 Å². The zero-order valence-corrected chi connectivity index (χ0v) is 18.3. The van der Waals surface area contributed by atoms with Gasteiger partial charge in [-0.05, 0) is 61.6 Å². The summed E-state index contributed by atoms with van der Waals surface area (Å²) in [6.45, 7) is 5.98. The van der Waals surface area contributed by atoms with Gasteiger partial charge in [-0.15, -0.1) is 0 Å². The largest absolute Gasteiger partial charge is 0.504 e. The molecule has 0 aromatic heterocycles. The number of likely N-dealkylation sites (tertiary alicyclic amines) is 1. The second kappa shape index (κ2) is 9.58. The van der Waals surface area contributed by atoms with Gasteiger partial charge in [-0.2, -0.15) is 0 Å². The third-order valence-corrected chi connectivity index (χ3v) is 6.39. The fourth-order valence-corrected chi connectivity index (χ4v) is 4.20. The van der Waals surface area contributed by atoms with Crippen LogP contribution in [0, 0.1) is 11.3 Å². The number of phenols is 1. The van der Waals surface area contributed by atoms with E-state index in [2.05, 4.69) is 19.2 Å². The quantitative estimate of drug-likeness (QED) is 0.759. The molecule has 3 rings (SSSR count). The molecule has 2 aliphatic rings. The van der Waals surface area contributed by atoms with Crippen molar-refractivity contribution in [1.82, 2.24) is 10.2 Å². The van der Waals surface area contributed by atoms with E-state index in [1.165, 1.54) is 7.11 Å². The third-order valence-electron chi connectivity index (χ3n) is 6.39. The van der Waals surface area contributed by atoms with Crippen LogP contribution < -0.4 is 10.1 Å². The molecule has 1 heterocycles. The minimum absolute atomic E-state index is 0.00966. The molecular formula is C23H34N2O5. The summed E-state index contributed by atoms with van der Waals surface area (Å²) in [5, 5.41) is 12.6. The Morgan fingerprint density at radius 2 is 1.83 bits per heavy atom. The van der Waals surface area contributed by atoms with Gasteiger partial charge in [0.2, 0.25) is 5.91 Å². The number of aromatic hydroxyl groups is 1. The van der Waals surface area contributed by atoms with Crippen LogP contribution in [0.1, 0.15) is 57.9 Å². The lowest BCUT2D eigenvalue weighted by atomic mass is 9.76. The molecule has 7 heteroatoms. The molecule has 0 atom stereocenters. The number of carbonyl (C=O) groups excluding carboxylic acids is 2. The highest BCUT2D eigenvalue weighted by molar-refractivity contribution is 5.79. The van der Waals surface area contributed by atoms with Crippen molar-refractivity contribution in [3.05, 3.63) is 23.8 Å². The summed E-state index contributed by atoms with van der Waals surface area (Å²) in [6, 6.07) is 5.02. The minimum atomic E-state index is -0.241. The predicted octanol–water partition coefficient (Wildman–Crippen LogP) is 3.83. The Labute approximate surface area is 178 Å². The summed E-state index contributed by atoms with van der Waals surface area (Å²) in [4.78, 5) is 26.7. The van der Waals surface area contributed by atoms with E-state index in [0.29, 0.717) is 43.6 Å². The molecule has 2 fully saturated rings. The predicted molar refractivity (Wildman–Crippen MR) is 113 cm³/mol. The van der Waals surface area contributed by atoms with Crippen molar-refractivity contribution in [1.29, 1.82) is 0 Å². The van der Waals surface area contributed by atoms with E-state index in [4.69, 9.17) is 9.47 Å². The molecule has 1 saturated carbocycles. The number of nitrogens with one attached hydrogen (secondary N) is 1. The molecule has 2 amide bonds. The van der Waals surface area contributed by atoms with Gasteiger partial charge in [-0.1, -0.05) is 19.9 Å². The zero-order chi connectivity index (χ0) is 21.7. The first-order chi connectivity index (χ1) is 14.3. The van der Waals surface area contributed by atoms with Crippen molar-refractivity contribution in [2.75, 3.05) is 20.2 Å². The number of phenolic OH excluding ortho intramolecular Hbond substituents is 1. The highest BCUT2D eigenvalue weighted by Gasteiger charge is 2.32. The maximum absolute atomic E-state index is 12.5. The highest BCUT2D eigenvalue weighted by Crippen LogP contribution is 2.36. The number of hydrogen-bond acceptors (Lipinski definition) is 5. The zero-order valence-electron chi connectivity index (χ0n) is 18.3. The van der Waals surface area contributed by atoms with Crippen LogP contribution >= 0.6 is 0 Å². The number of methoxy groups -OCH3 is 1. The molecule has 166 valence electrons. The normalized spacial score (nSPS) is 19.9. The molecule has 1 aliphatic heterocycles. The number of hydrogen-bond donors (Lipinski definition) is 2. The Hall–Kier alpha value is -2.44. The van der Waals surface area contributed by atoms with E-state index >= 15 is 0 Å². The molecule has 2 N–H and O–H groups in total. The fourth-order valence-electron chi connectivity index (χ4n) is 4.20. The van der Waals surface area contributed by atoms with Crippen LogP contribution in [0.25, 0.3) is 0 Å². The molecule has 7 nitrogen and oxygen atoms in total. The Kier molecular flexibility index (Phi) is 7.10. The van der Waals surface area contributed by atoms with Gasteiger partial charge in [0.15, 0.2) is 11.5 Å². The van der Waals surface area contributed by atoms with Gasteiger partial charge in [0.05, 0.1) is 7.11 Å². The summed E-state index contributed by atoms with van der Waals surface area (Å²) in [5.74, 6) is 0.340. The molecule has 0 bridgehead atoms. The van der Waals surface area contributed by atoms with Gasteiger partial charge in [-0.25, -0.2) is 4.79 Å².